The Morgan fingerprint density at radius 1 is 0.821 bits per heavy atom. The van der Waals surface area contributed by atoms with Gasteiger partial charge in [0.05, 0.1) is 0 Å². The Balaban J connectivity index is 0.000000311. The lowest BCUT2D eigenvalue weighted by Crippen LogP contribution is -1.90. The summed E-state index contributed by atoms with van der Waals surface area (Å²) in [6.45, 7) is 7.01. The lowest BCUT2D eigenvalue weighted by atomic mass is 10.0. The predicted octanol–water partition coefficient (Wildman–Crippen LogP) is 4.85. The van der Waals surface area contributed by atoms with Gasteiger partial charge >= 0.3 is 0 Å². The molecule has 0 atom stereocenters. The molecule has 2 aromatic rings. The van der Waals surface area contributed by atoms with Crippen LogP contribution in [0.15, 0.2) is 55.1 Å². The maximum Gasteiger partial charge on any atom is 0.159 e. The molecule has 2 rings (SSSR count). The molecule has 0 bridgehead atoms. The lowest BCUT2D eigenvalue weighted by molar-refractivity contribution is 0.101. The van der Waals surface area contributed by atoms with Crippen molar-refractivity contribution in [2.45, 2.75) is 13.8 Å². The second kappa shape index (κ2) is 12.9. The summed E-state index contributed by atoms with van der Waals surface area (Å²) in [7, 11) is 0. The molecule has 0 N–H and O–H groups in total. The van der Waals surface area contributed by atoms with Gasteiger partial charge in [-0.25, -0.2) is 0 Å². The first-order valence-corrected chi connectivity index (χ1v) is 8.33. The van der Waals surface area contributed by atoms with Gasteiger partial charge in [-0.1, -0.05) is 67.1 Å². The summed E-state index contributed by atoms with van der Waals surface area (Å²) in [4.78, 5) is 11.2. The molecule has 0 saturated carbocycles. The Morgan fingerprint density at radius 2 is 1.29 bits per heavy atom. The molecule has 1 heteroatoms. The van der Waals surface area contributed by atoms with Gasteiger partial charge in [-0.2, -0.15) is 0 Å². The zero-order valence-electron chi connectivity index (χ0n) is 15.9. The van der Waals surface area contributed by atoms with Crippen LogP contribution in [0.1, 0.15) is 29.8 Å². The predicted molar refractivity (Wildman–Crippen MR) is 118 cm³/mol. The first-order chi connectivity index (χ1) is 13.6. The molecule has 0 saturated heterocycles. The summed E-state index contributed by atoms with van der Waals surface area (Å²) < 4.78 is 0. The Morgan fingerprint density at radius 3 is 1.71 bits per heavy atom. The van der Waals surface area contributed by atoms with E-state index in [4.69, 9.17) is 6.42 Å². The average molecular weight is 358 g/mol. The molecule has 0 spiro atoms. The highest BCUT2D eigenvalue weighted by Gasteiger charge is 2.00. The fourth-order valence-electron chi connectivity index (χ4n) is 1.96. The van der Waals surface area contributed by atoms with E-state index >= 15 is 0 Å². The van der Waals surface area contributed by atoms with Gasteiger partial charge in [0, 0.05) is 5.56 Å². The van der Waals surface area contributed by atoms with Crippen LogP contribution in [-0.4, -0.2) is 5.78 Å². The fraction of sp³-hybridized carbons (Fsp3) is 0.0741. The Labute approximate surface area is 167 Å². The molecule has 1 nitrogen and oxygen atoms in total. The first kappa shape index (κ1) is 21.7. The number of benzene rings is 2. The number of hydrogen-bond acceptors (Lipinski definition) is 1. The molecule has 0 aliphatic heterocycles. The van der Waals surface area contributed by atoms with Crippen LogP contribution < -0.4 is 0 Å². The summed E-state index contributed by atoms with van der Waals surface area (Å²) in [6.07, 6.45) is 6.66. The van der Waals surface area contributed by atoms with E-state index in [2.05, 4.69) is 72.0 Å². The zero-order valence-corrected chi connectivity index (χ0v) is 15.9. The van der Waals surface area contributed by atoms with E-state index < -0.39 is 0 Å². The summed E-state index contributed by atoms with van der Waals surface area (Å²) in [5.74, 6) is 22.0. The molecule has 28 heavy (non-hydrogen) atoms. The summed E-state index contributed by atoms with van der Waals surface area (Å²) in [5.41, 5.74) is 4.11. The lowest BCUT2D eigenvalue weighted by Gasteiger charge is -2.03. The van der Waals surface area contributed by atoms with E-state index in [1.807, 2.05) is 42.5 Å². The molecule has 0 radical (unpaired) electrons. The van der Waals surface area contributed by atoms with Crippen molar-refractivity contribution >= 4 is 11.9 Å². The van der Waals surface area contributed by atoms with Crippen LogP contribution in [0.4, 0.5) is 0 Å². The van der Waals surface area contributed by atoms with Crippen LogP contribution in [0, 0.1) is 59.7 Å². The number of ketones is 1. The standard InChI is InChI=1S/C16H14O.C11H4/c1-3-13-4-6-15(7-5-13)16-10-8-14(9-11-16)12(2)17;1-3-5-7-9-11-10-8-6-4-2/h3-11H,1H2,2H3;1H,2H3. The molecule has 0 unspecified atom stereocenters. The SMILES string of the molecule is C#CC#CC#CC#CC#CC.C=Cc1ccc(-c2ccc(C(C)=O)cc2)cc1. The van der Waals surface area contributed by atoms with Gasteiger partial charge in [-0.3, -0.25) is 4.79 Å². The topological polar surface area (TPSA) is 17.1 Å². The van der Waals surface area contributed by atoms with Crippen LogP contribution in [-0.2, 0) is 0 Å². The van der Waals surface area contributed by atoms with Gasteiger partial charge in [0.15, 0.2) is 5.78 Å². The quantitative estimate of drug-likeness (QED) is 0.566. The molecule has 0 fully saturated rings. The largest absolute Gasteiger partial charge is 0.295 e. The summed E-state index contributed by atoms with van der Waals surface area (Å²) in [6, 6.07) is 15.8. The minimum atomic E-state index is 0.0959. The molecule has 2 aromatic carbocycles. The number of Topliss-reactive ketones (excluding diaryl/α,β-unsaturated/α-hetero) is 1. The zero-order chi connectivity index (χ0) is 20.6. The molecule has 0 aliphatic rings. The number of terminal acetylenes is 1. The molecule has 132 valence electrons. The highest BCUT2D eigenvalue weighted by Crippen LogP contribution is 2.20. The maximum absolute atomic E-state index is 11.2. The van der Waals surface area contributed by atoms with Crippen molar-refractivity contribution in [2.24, 2.45) is 0 Å². The molecule has 0 heterocycles. The monoisotopic (exact) mass is 358 g/mol. The van der Waals surface area contributed by atoms with Crippen LogP contribution in [0.5, 0.6) is 0 Å². The minimum Gasteiger partial charge on any atom is -0.295 e. The van der Waals surface area contributed by atoms with Crippen molar-refractivity contribution in [3.05, 3.63) is 66.2 Å². The van der Waals surface area contributed by atoms with Gasteiger partial charge < -0.3 is 0 Å². The third-order valence-electron chi connectivity index (χ3n) is 3.34. The van der Waals surface area contributed by atoms with E-state index in [-0.39, 0.29) is 5.78 Å². The Hall–Kier alpha value is -4.35. The molecular weight excluding hydrogens is 340 g/mol. The van der Waals surface area contributed by atoms with E-state index in [0.29, 0.717) is 0 Å². The average Bonchev–Trinajstić information content (AvgIpc) is 2.74. The fourth-order valence-corrected chi connectivity index (χ4v) is 1.96. The van der Waals surface area contributed by atoms with Gasteiger partial charge in [0.2, 0.25) is 0 Å². The molecule has 0 aliphatic carbocycles. The molecular formula is C27H18O. The molecule has 0 aromatic heterocycles. The number of carbonyl (C=O) groups is 1. The number of rotatable bonds is 3. The van der Waals surface area contributed by atoms with Crippen molar-refractivity contribution in [1.82, 2.24) is 0 Å². The van der Waals surface area contributed by atoms with Crippen LogP contribution in [0.2, 0.25) is 0 Å². The van der Waals surface area contributed by atoms with Crippen molar-refractivity contribution in [1.29, 1.82) is 0 Å². The third kappa shape index (κ3) is 8.15. The number of carbonyl (C=O) groups excluding carboxylic acids is 1. The van der Waals surface area contributed by atoms with E-state index in [0.717, 1.165) is 22.3 Å². The van der Waals surface area contributed by atoms with Crippen LogP contribution >= 0.6 is 0 Å². The van der Waals surface area contributed by atoms with Gasteiger partial charge in [-0.05, 0) is 77.9 Å². The second-order valence-electron chi connectivity index (χ2n) is 5.23. The number of hydrogen-bond donors (Lipinski definition) is 0. The Kier molecular flexibility index (Phi) is 10.0. The highest BCUT2D eigenvalue weighted by molar-refractivity contribution is 5.94. The summed E-state index contributed by atoms with van der Waals surface area (Å²) >= 11 is 0. The third-order valence-corrected chi connectivity index (χ3v) is 3.34. The van der Waals surface area contributed by atoms with Crippen molar-refractivity contribution in [3.63, 3.8) is 0 Å². The van der Waals surface area contributed by atoms with Gasteiger partial charge in [0.1, 0.15) is 0 Å². The van der Waals surface area contributed by atoms with E-state index in [1.165, 1.54) is 0 Å². The minimum absolute atomic E-state index is 0.0959. The second-order valence-corrected chi connectivity index (χ2v) is 5.23. The highest BCUT2D eigenvalue weighted by atomic mass is 16.1. The van der Waals surface area contributed by atoms with Crippen molar-refractivity contribution < 1.29 is 4.79 Å². The smallest absolute Gasteiger partial charge is 0.159 e. The van der Waals surface area contributed by atoms with E-state index in [1.54, 1.807) is 13.8 Å². The Bertz CT molecular complexity index is 1110. The van der Waals surface area contributed by atoms with Gasteiger partial charge in [-0.15, -0.1) is 6.42 Å². The van der Waals surface area contributed by atoms with Crippen molar-refractivity contribution in [2.75, 3.05) is 0 Å². The van der Waals surface area contributed by atoms with Crippen LogP contribution in [0.3, 0.4) is 0 Å². The van der Waals surface area contributed by atoms with E-state index in [9.17, 15) is 4.79 Å². The van der Waals surface area contributed by atoms with Crippen molar-refractivity contribution in [3.8, 4) is 70.8 Å². The van der Waals surface area contributed by atoms with Crippen LogP contribution in [0.25, 0.3) is 17.2 Å². The van der Waals surface area contributed by atoms with Gasteiger partial charge in [0.25, 0.3) is 0 Å². The maximum atomic E-state index is 11.2. The molecule has 0 amide bonds. The normalized spacial score (nSPS) is 7.46. The first-order valence-electron chi connectivity index (χ1n) is 8.33. The summed E-state index contributed by atoms with van der Waals surface area (Å²) in [5, 5.41) is 0.